The Balaban J connectivity index is 0.00000300. The van der Waals surface area contributed by atoms with E-state index >= 15 is 0 Å². The molecule has 164 valence electrons. The first kappa shape index (κ1) is 24.3. The summed E-state index contributed by atoms with van der Waals surface area (Å²) in [7, 11) is 1.76. The third-order valence-electron chi connectivity index (χ3n) is 4.79. The van der Waals surface area contributed by atoms with Gasteiger partial charge < -0.3 is 29.6 Å². The number of benzene rings is 1. The van der Waals surface area contributed by atoms with Gasteiger partial charge in [0.25, 0.3) is 0 Å². The van der Waals surface area contributed by atoms with Gasteiger partial charge in [-0.1, -0.05) is 11.6 Å². The topological polar surface area (TPSA) is 73.3 Å². The molecule has 2 aliphatic rings. The summed E-state index contributed by atoms with van der Waals surface area (Å²) < 4.78 is 22.3. The maximum atomic E-state index is 6.29. The molecule has 0 unspecified atom stereocenters. The summed E-state index contributed by atoms with van der Waals surface area (Å²) in [6, 6.07) is 3.84. The monoisotopic (exact) mass is 539 g/mol. The van der Waals surface area contributed by atoms with Crippen LogP contribution in [-0.4, -0.2) is 59.2 Å². The summed E-state index contributed by atoms with van der Waals surface area (Å²) in [5, 5.41) is 7.16. The molecule has 1 saturated heterocycles. The molecule has 1 aromatic rings. The largest absolute Gasteiger partial charge is 0.486 e. The molecule has 0 aromatic heterocycles. The van der Waals surface area contributed by atoms with E-state index in [1.165, 1.54) is 0 Å². The number of ether oxygens (including phenoxy) is 4. The van der Waals surface area contributed by atoms with E-state index in [4.69, 9.17) is 30.5 Å². The Morgan fingerprint density at radius 1 is 1.17 bits per heavy atom. The maximum Gasteiger partial charge on any atom is 0.191 e. The minimum Gasteiger partial charge on any atom is -0.486 e. The quantitative estimate of drug-likeness (QED) is 0.229. The van der Waals surface area contributed by atoms with Gasteiger partial charge in [-0.15, -0.1) is 24.0 Å². The van der Waals surface area contributed by atoms with Crippen LogP contribution in [0.4, 0.5) is 0 Å². The number of aliphatic imine (C=N–C) groups is 1. The first-order valence-electron chi connectivity index (χ1n) is 9.94. The van der Waals surface area contributed by atoms with Gasteiger partial charge in [-0.3, -0.25) is 4.99 Å². The van der Waals surface area contributed by atoms with Gasteiger partial charge in [-0.2, -0.15) is 0 Å². The molecule has 7 nitrogen and oxygen atoms in total. The van der Waals surface area contributed by atoms with Crippen LogP contribution in [0.3, 0.4) is 0 Å². The maximum absolute atomic E-state index is 6.29. The lowest BCUT2D eigenvalue weighted by Crippen LogP contribution is -2.37. The molecule has 1 aromatic carbocycles. The third kappa shape index (κ3) is 7.99. The predicted octanol–water partition coefficient (Wildman–Crippen LogP) is 3.23. The van der Waals surface area contributed by atoms with Crippen molar-refractivity contribution in [3.8, 4) is 11.5 Å². The molecule has 2 N–H and O–H groups in total. The van der Waals surface area contributed by atoms with Gasteiger partial charge in [0.15, 0.2) is 17.5 Å². The van der Waals surface area contributed by atoms with Crippen molar-refractivity contribution in [2.24, 2.45) is 10.9 Å². The average Bonchev–Trinajstić information content (AvgIpc) is 2.73. The van der Waals surface area contributed by atoms with Crippen molar-refractivity contribution < 1.29 is 18.9 Å². The molecule has 9 heteroatoms. The molecular formula is C20H31ClIN3O4. The highest BCUT2D eigenvalue weighted by Gasteiger charge is 2.17. The Bertz CT molecular complexity index is 657. The Morgan fingerprint density at radius 2 is 1.97 bits per heavy atom. The van der Waals surface area contributed by atoms with Crippen molar-refractivity contribution in [1.82, 2.24) is 10.6 Å². The van der Waals surface area contributed by atoms with Gasteiger partial charge in [-0.05, 0) is 42.9 Å². The van der Waals surface area contributed by atoms with E-state index in [-0.39, 0.29) is 24.0 Å². The van der Waals surface area contributed by atoms with Crippen LogP contribution in [0.5, 0.6) is 11.5 Å². The number of hydrogen-bond donors (Lipinski definition) is 2. The molecule has 0 aliphatic carbocycles. The molecule has 2 aliphatic heterocycles. The molecule has 0 bridgehead atoms. The fourth-order valence-corrected chi connectivity index (χ4v) is 3.50. The standard InChI is InChI=1S/C20H30ClN3O4.HI/c1-22-20(23-5-2-6-26-14-15-3-7-25-8-4-15)24-13-16-11-17(21)19-18(12-16)27-9-10-28-19;/h11-12,15H,2-10,13-14H2,1H3,(H2,22,23,24);1H. The van der Waals surface area contributed by atoms with Crippen molar-refractivity contribution in [2.45, 2.75) is 25.8 Å². The summed E-state index contributed by atoms with van der Waals surface area (Å²) >= 11 is 6.29. The van der Waals surface area contributed by atoms with E-state index in [1.54, 1.807) is 7.05 Å². The lowest BCUT2D eigenvalue weighted by atomic mass is 10.0. The van der Waals surface area contributed by atoms with E-state index in [1.807, 2.05) is 12.1 Å². The zero-order chi connectivity index (χ0) is 19.6. The first-order chi connectivity index (χ1) is 13.8. The second-order valence-corrected chi connectivity index (χ2v) is 7.35. The molecule has 1 fully saturated rings. The highest BCUT2D eigenvalue weighted by molar-refractivity contribution is 14.0. The first-order valence-corrected chi connectivity index (χ1v) is 10.3. The van der Waals surface area contributed by atoms with E-state index in [2.05, 4.69) is 15.6 Å². The Morgan fingerprint density at radius 3 is 2.76 bits per heavy atom. The van der Waals surface area contributed by atoms with Crippen molar-refractivity contribution >= 4 is 41.5 Å². The van der Waals surface area contributed by atoms with Crippen LogP contribution in [0.15, 0.2) is 17.1 Å². The van der Waals surface area contributed by atoms with Gasteiger partial charge in [0.2, 0.25) is 0 Å². The normalized spacial score (nSPS) is 16.8. The van der Waals surface area contributed by atoms with Gasteiger partial charge in [0, 0.05) is 46.6 Å². The van der Waals surface area contributed by atoms with Gasteiger partial charge >= 0.3 is 0 Å². The average molecular weight is 540 g/mol. The number of guanidine groups is 1. The summed E-state index contributed by atoms with van der Waals surface area (Å²) in [6.07, 6.45) is 3.15. The summed E-state index contributed by atoms with van der Waals surface area (Å²) in [6.45, 7) is 5.78. The van der Waals surface area contributed by atoms with Crippen LogP contribution < -0.4 is 20.1 Å². The van der Waals surface area contributed by atoms with E-state index in [0.29, 0.717) is 42.2 Å². The number of nitrogens with one attached hydrogen (secondary N) is 2. The van der Waals surface area contributed by atoms with Crippen molar-refractivity contribution in [1.29, 1.82) is 0 Å². The minimum absolute atomic E-state index is 0. The van der Waals surface area contributed by atoms with Gasteiger partial charge in [-0.25, -0.2) is 0 Å². The second kappa shape index (κ2) is 13.4. The van der Waals surface area contributed by atoms with E-state index < -0.39 is 0 Å². The molecule has 29 heavy (non-hydrogen) atoms. The van der Waals surface area contributed by atoms with Crippen LogP contribution in [-0.2, 0) is 16.0 Å². The molecule has 0 saturated carbocycles. The second-order valence-electron chi connectivity index (χ2n) is 6.94. The highest BCUT2D eigenvalue weighted by Crippen LogP contribution is 2.38. The van der Waals surface area contributed by atoms with Crippen LogP contribution in [0, 0.1) is 5.92 Å². The molecular weight excluding hydrogens is 509 g/mol. The number of rotatable bonds is 8. The van der Waals surface area contributed by atoms with Crippen molar-refractivity contribution in [3.63, 3.8) is 0 Å². The van der Waals surface area contributed by atoms with Crippen molar-refractivity contribution in [2.75, 3.05) is 53.2 Å². The van der Waals surface area contributed by atoms with Gasteiger partial charge in [0.1, 0.15) is 13.2 Å². The Labute approximate surface area is 194 Å². The molecule has 0 amide bonds. The Hall–Kier alpha value is -0.970. The van der Waals surface area contributed by atoms with Crippen molar-refractivity contribution in [3.05, 3.63) is 22.7 Å². The predicted molar refractivity (Wildman–Crippen MR) is 125 cm³/mol. The molecule has 2 heterocycles. The molecule has 0 spiro atoms. The Kier molecular flexibility index (Phi) is 11.2. The van der Waals surface area contributed by atoms with Gasteiger partial charge in [0.05, 0.1) is 5.02 Å². The fraction of sp³-hybridized carbons (Fsp3) is 0.650. The SMILES string of the molecule is CN=C(NCCCOCC1CCOCC1)NCc1cc(Cl)c2c(c1)OCCO2.I. The minimum atomic E-state index is 0. The van der Waals surface area contributed by atoms with Crippen LogP contribution in [0.1, 0.15) is 24.8 Å². The zero-order valence-electron chi connectivity index (χ0n) is 16.9. The van der Waals surface area contributed by atoms with Crippen LogP contribution in [0.2, 0.25) is 5.02 Å². The molecule has 0 radical (unpaired) electrons. The highest BCUT2D eigenvalue weighted by atomic mass is 127. The zero-order valence-corrected chi connectivity index (χ0v) is 20.0. The third-order valence-corrected chi connectivity index (χ3v) is 5.07. The lowest BCUT2D eigenvalue weighted by molar-refractivity contribution is 0.0203. The van der Waals surface area contributed by atoms with Crippen LogP contribution >= 0.6 is 35.6 Å². The lowest BCUT2D eigenvalue weighted by Gasteiger charge is -2.21. The number of halogens is 2. The smallest absolute Gasteiger partial charge is 0.191 e. The molecule has 3 rings (SSSR count). The molecule has 0 atom stereocenters. The summed E-state index contributed by atoms with van der Waals surface area (Å²) in [5.74, 6) is 2.71. The number of nitrogens with zero attached hydrogens (tertiary/aromatic N) is 1. The van der Waals surface area contributed by atoms with Crippen LogP contribution in [0.25, 0.3) is 0 Å². The fourth-order valence-electron chi connectivity index (χ4n) is 3.22. The summed E-state index contributed by atoms with van der Waals surface area (Å²) in [5.41, 5.74) is 1.01. The number of fused-ring (bicyclic) bond motifs is 1. The summed E-state index contributed by atoms with van der Waals surface area (Å²) in [4.78, 5) is 4.26. The number of hydrogen-bond acceptors (Lipinski definition) is 5. The van der Waals surface area contributed by atoms with E-state index in [9.17, 15) is 0 Å². The van der Waals surface area contributed by atoms with E-state index in [0.717, 1.165) is 63.8 Å².